The zero-order chi connectivity index (χ0) is 18.1. The highest BCUT2D eigenvalue weighted by Gasteiger charge is 2.55. The number of hydrogen-bond acceptors (Lipinski definition) is 4. The van der Waals surface area contributed by atoms with E-state index < -0.39 is 11.6 Å². The molecule has 26 heavy (non-hydrogen) atoms. The number of hydrogen-bond donors (Lipinski definition) is 3. The van der Waals surface area contributed by atoms with Gasteiger partial charge in [-0.25, -0.2) is 4.79 Å². The molecule has 0 bridgehead atoms. The molecule has 1 spiro atoms. The summed E-state index contributed by atoms with van der Waals surface area (Å²) in [4.78, 5) is 38.7. The summed E-state index contributed by atoms with van der Waals surface area (Å²) in [7, 11) is 0. The fraction of sp³-hybridized carbons (Fsp3) is 0.421. The highest BCUT2D eigenvalue weighted by atomic mass is 16.2. The van der Waals surface area contributed by atoms with Crippen molar-refractivity contribution in [1.82, 2.24) is 20.9 Å². The number of nitrogens with zero attached hydrogens (tertiary/aromatic N) is 1. The van der Waals surface area contributed by atoms with E-state index in [0.717, 1.165) is 47.5 Å². The van der Waals surface area contributed by atoms with Crippen LogP contribution < -0.4 is 16.0 Å². The van der Waals surface area contributed by atoms with Crippen molar-refractivity contribution in [1.29, 1.82) is 0 Å². The highest BCUT2D eigenvalue weighted by molar-refractivity contribution is 6.09. The van der Waals surface area contributed by atoms with Gasteiger partial charge in [0.15, 0.2) is 0 Å². The van der Waals surface area contributed by atoms with E-state index in [1.54, 1.807) is 0 Å². The molecule has 4 rings (SSSR count). The van der Waals surface area contributed by atoms with Crippen LogP contribution in [-0.2, 0) is 21.5 Å². The summed E-state index contributed by atoms with van der Waals surface area (Å²) < 4.78 is 0. The first-order chi connectivity index (χ1) is 12.6. The largest absolute Gasteiger partial charge is 0.351 e. The zero-order valence-corrected chi connectivity index (χ0v) is 14.5. The summed E-state index contributed by atoms with van der Waals surface area (Å²) in [6.45, 7) is 1.91. The smallest absolute Gasteiger partial charge is 0.325 e. The minimum Gasteiger partial charge on any atom is -0.351 e. The van der Waals surface area contributed by atoms with Crippen LogP contribution in [0.2, 0.25) is 0 Å². The molecular formula is C19H22N4O3. The van der Waals surface area contributed by atoms with Crippen LogP contribution in [0.15, 0.2) is 35.9 Å². The quantitative estimate of drug-likeness (QED) is 0.540. The Balaban J connectivity index is 1.43. The maximum Gasteiger partial charge on any atom is 0.325 e. The lowest BCUT2D eigenvalue weighted by Crippen LogP contribution is -2.44. The van der Waals surface area contributed by atoms with E-state index in [0.29, 0.717) is 13.0 Å². The molecule has 7 heteroatoms. The molecule has 1 aromatic rings. The van der Waals surface area contributed by atoms with Gasteiger partial charge in [-0.15, -0.1) is 0 Å². The summed E-state index contributed by atoms with van der Waals surface area (Å²) in [5, 5.41) is 8.86. The fourth-order valence-electron chi connectivity index (χ4n) is 3.97. The number of urea groups is 1. The molecule has 1 aliphatic carbocycles. The van der Waals surface area contributed by atoms with E-state index in [-0.39, 0.29) is 18.4 Å². The normalized spacial score (nSPS) is 24.5. The second-order valence-electron chi connectivity index (χ2n) is 6.98. The zero-order valence-electron chi connectivity index (χ0n) is 14.5. The number of carbonyl (C=O) groups is 3. The van der Waals surface area contributed by atoms with E-state index >= 15 is 0 Å². The molecule has 1 atom stereocenters. The molecule has 0 saturated carbocycles. The number of carbonyl (C=O) groups excluding carboxylic acids is 3. The molecule has 136 valence electrons. The first-order valence-electron chi connectivity index (χ1n) is 8.98. The molecule has 3 N–H and O–H groups in total. The van der Waals surface area contributed by atoms with Crippen LogP contribution >= 0.6 is 0 Å². The number of rotatable bonds is 4. The number of benzene rings is 1. The topological polar surface area (TPSA) is 90.5 Å². The van der Waals surface area contributed by atoms with E-state index in [1.165, 1.54) is 0 Å². The summed E-state index contributed by atoms with van der Waals surface area (Å²) in [5.74, 6) is -0.653. The monoisotopic (exact) mass is 354 g/mol. The van der Waals surface area contributed by atoms with Crippen molar-refractivity contribution in [3.8, 4) is 0 Å². The molecule has 3 aliphatic rings. The average Bonchev–Trinajstić information content (AvgIpc) is 3.15. The van der Waals surface area contributed by atoms with Crippen LogP contribution in [0.5, 0.6) is 0 Å². The summed E-state index contributed by atoms with van der Waals surface area (Å²) in [6.07, 6.45) is 4.23. The minimum absolute atomic E-state index is 0.250. The minimum atomic E-state index is -1.01. The van der Waals surface area contributed by atoms with Crippen LogP contribution in [0.25, 0.3) is 0 Å². The summed E-state index contributed by atoms with van der Waals surface area (Å²) >= 11 is 0. The van der Waals surface area contributed by atoms with Crippen molar-refractivity contribution >= 4 is 17.8 Å². The van der Waals surface area contributed by atoms with Crippen molar-refractivity contribution in [2.45, 2.75) is 24.8 Å². The Morgan fingerprint density at radius 3 is 2.88 bits per heavy atom. The molecule has 1 aromatic carbocycles. The Labute approximate surface area is 151 Å². The van der Waals surface area contributed by atoms with Gasteiger partial charge in [-0.2, -0.15) is 0 Å². The lowest BCUT2D eigenvalue weighted by Gasteiger charge is -2.22. The number of imide groups is 1. The van der Waals surface area contributed by atoms with Crippen LogP contribution in [0.4, 0.5) is 4.79 Å². The van der Waals surface area contributed by atoms with Crippen molar-refractivity contribution in [2.24, 2.45) is 0 Å². The first-order valence-corrected chi connectivity index (χ1v) is 8.98. The second-order valence-corrected chi connectivity index (χ2v) is 6.98. The molecule has 4 amide bonds. The number of nitrogens with one attached hydrogen (secondary N) is 3. The Morgan fingerprint density at radius 2 is 2.08 bits per heavy atom. The third-order valence-electron chi connectivity index (χ3n) is 5.39. The number of aryl methyl sites for hydroxylation is 1. The van der Waals surface area contributed by atoms with Gasteiger partial charge in [-0.3, -0.25) is 14.5 Å². The van der Waals surface area contributed by atoms with Gasteiger partial charge in [-0.1, -0.05) is 35.9 Å². The molecule has 1 saturated heterocycles. The Morgan fingerprint density at radius 1 is 1.23 bits per heavy atom. The summed E-state index contributed by atoms with van der Waals surface area (Å²) in [5.41, 5.74) is 2.08. The van der Waals surface area contributed by atoms with Gasteiger partial charge in [0, 0.05) is 13.1 Å². The first kappa shape index (κ1) is 16.8. The Bertz CT molecular complexity index is 804. The van der Waals surface area contributed by atoms with Gasteiger partial charge >= 0.3 is 6.03 Å². The molecule has 1 fully saturated rings. The van der Waals surface area contributed by atoms with Crippen LogP contribution in [0, 0.1) is 0 Å². The van der Waals surface area contributed by atoms with Crippen molar-refractivity contribution < 1.29 is 14.4 Å². The highest BCUT2D eigenvalue weighted by Crippen LogP contribution is 2.41. The van der Waals surface area contributed by atoms with E-state index in [4.69, 9.17) is 0 Å². The van der Waals surface area contributed by atoms with Crippen molar-refractivity contribution in [3.05, 3.63) is 47.0 Å². The van der Waals surface area contributed by atoms with Crippen LogP contribution in [-0.4, -0.2) is 48.9 Å². The average molecular weight is 354 g/mol. The third kappa shape index (κ3) is 2.78. The SMILES string of the molecule is O=C(CN1C(=O)NC2(CCc3ccccc32)C1=O)NCC1=CCNCC1. The predicted octanol–water partition coefficient (Wildman–Crippen LogP) is 0.416. The molecule has 0 radical (unpaired) electrons. The number of fused-ring (bicyclic) bond motifs is 2. The maximum absolute atomic E-state index is 13.0. The maximum atomic E-state index is 13.0. The Hall–Kier alpha value is -2.67. The fourth-order valence-corrected chi connectivity index (χ4v) is 3.97. The lowest BCUT2D eigenvalue weighted by atomic mass is 9.92. The molecule has 2 heterocycles. The van der Waals surface area contributed by atoms with E-state index in [9.17, 15) is 14.4 Å². The van der Waals surface area contributed by atoms with Gasteiger partial charge in [0.2, 0.25) is 5.91 Å². The predicted molar refractivity (Wildman–Crippen MR) is 95.3 cm³/mol. The second kappa shape index (κ2) is 6.57. The molecule has 1 unspecified atom stereocenters. The molecule has 2 aliphatic heterocycles. The molecular weight excluding hydrogens is 332 g/mol. The van der Waals surface area contributed by atoms with E-state index in [1.807, 2.05) is 24.3 Å². The van der Waals surface area contributed by atoms with Crippen molar-refractivity contribution in [3.63, 3.8) is 0 Å². The van der Waals surface area contributed by atoms with Crippen LogP contribution in [0.3, 0.4) is 0 Å². The van der Waals surface area contributed by atoms with Gasteiger partial charge in [0.05, 0.1) is 0 Å². The van der Waals surface area contributed by atoms with Gasteiger partial charge < -0.3 is 16.0 Å². The van der Waals surface area contributed by atoms with Gasteiger partial charge in [0.25, 0.3) is 5.91 Å². The van der Waals surface area contributed by atoms with Gasteiger partial charge in [-0.05, 0) is 36.9 Å². The van der Waals surface area contributed by atoms with E-state index in [2.05, 4.69) is 22.0 Å². The van der Waals surface area contributed by atoms with Crippen LogP contribution in [0.1, 0.15) is 24.0 Å². The van der Waals surface area contributed by atoms with Gasteiger partial charge in [0.1, 0.15) is 12.1 Å². The Kier molecular flexibility index (Phi) is 4.24. The lowest BCUT2D eigenvalue weighted by molar-refractivity contribution is -0.135. The van der Waals surface area contributed by atoms with Crippen molar-refractivity contribution in [2.75, 3.05) is 26.2 Å². The summed E-state index contributed by atoms with van der Waals surface area (Å²) in [6, 6.07) is 7.16. The molecule has 7 nitrogen and oxygen atoms in total. The molecule has 0 aromatic heterocycles. The number of amides is 4. The standard InChI is InChI=1S/C19H22N4O3/c24-16(21-11-13-6-9-20-10-7-13)12-23-17(25)19(22-18(23)26)8-5-14-3-1-2-4-15(14)19/h1-4,6,20H,5,7-12H2,(H,21,24)(H,22,26). The third-order valence-corrected chi connectivity index (χ3v) is 5.39.